The summed E-state index contributed by atoms with van der Waals surface area (Å²) in [6, 6.07) is 2.10. The van der Waals surface area contributed by atoms with Crippen LogP contribution >= 0.6 is 0 Å². The number of hydrogen-bond donors (Lipinski definition) is 2. The lowest BCUT2D eigenvalue weighted by Gasteiger charge is -2.35. The van der Waals surface area contributed by atoms with E-state index in [9.17, 15) is 9.59 Å². The molecule has 1 unspecified atom stereocenters. The fourth-order valence-corrected chi connectivity index (χ4v) is 4.72. The molecule has 1 saturated carbocycles. The predicted octanol–water partition coefficient (Wildman–Crippen LogP) is 2.50. The average Bonchev–Trinajstić information content (AvgIpc) is 3.49. The van der Waals surface area contributed by atoms with Crippen molar-refractivity contribution < 1.29 is 4.79 Å². The number of aromatic nitrogens is 4. The number of rotatable bonds is 4. The highest BCUT2D eigenvalue weighted by atomic mass is 16.2. The number of H-pyrrole nitrogens is 2. The summed E-state index contributed by atoms with van der Waals surface area (Å²) >= 11 is 0. The number of aromatic amines is 2. The number of fused-ring (bicyclic) bond motifs is 1. The Morgan fingerprint density at radius 1 is 1.20 bits per heavy atom. The molecular weight excluding hydrogens is 380 g/mol. The van der Waals surface area contributed by atoms with Crippen molar-refractivity contribution in [1.29, 1.82) is 0 Å². The van der Waals surface area contributed by atoms with Gasteiger partial charge in [-0.05, 0) is 52.0 Å². The first-order valence-corrected chi connectivity index (χ1v) is 11.2. The number of nitrogens with zero attached hydrogens (tertiary/aromatic N) is 4. The Kier molecular flexibility index (Phi) is 4.97. The number of piperidine rings is 1. The van der Waals surface area contributed by atoms with Crippen LogP contribution in [0.15, 0.2) is 10.9 Å². The van der Waals surface area contributed by atoms with Crippen LogP contribution in [0.4, 0.5) is 0 Å². The molecule has 0 bridgehead atoms. The van der Waals surface area contributed by atoms with Gasteiger partial charge < -0.3 is 9.88 Å². The lowest BCUT2D eigenvalue weighted by molar-refractivity contribution is 0.0592. The van der Waals surface area contributed by atoms with Gasteiger partial charge in [-0.1, -0.05) is 0 Å². The number of carbonyl (C=O) groups is 1. The van der Waals surface area contributed by atoms with E-state index < -0.39 is 0 Å². The smallest absolute Gasteiger partial charge is 0.274 e. The van der Waals surface area contributed by atoms with Gasteiger partial charge in [-0.3, -0.25) is 19.6 Å². The minimum Gasteiger partial charge on any atom is -0.327 e. The average molecular weight is 411 g/mol. The van der Waals surface area contributed by atoms with E-state index >= 15 is 0 Å². The van der Waals surface area contributed by atoms with Gasteiger partial charge >= 0.3 is 0 Å². The van der Waals surface area contributed by atoms with Crippen molar-refractivity contribution in [2.24, 2.45) is 0 Å². The normalized spacial score (nSPS) is 22.4. The summed E-state index contributed by atoms with van der Waals surface area (Å²) in [5, 5.41) is 7.31. The van der Waals surface area contributed by atoms with Crippen LogP contribution in [0, 0.1) is 0 Å². The number of carbonyl (C=O) groups excluding carboxylic acids is 1. The van der Waals surface area contributed by atoms with Crippen molar-refractivity contribution in [3.8, 4) is 0 Å². The molecule has 3 aliphatic rings. The van der Waals surface area contributed by atoms with Crippen LogP contribution in [0.3, 0.4) is 0 Å². The van der Waals surface area contributed by atoms with Crippen molar-refractivity contribution >= 4 is 5.91 Å². The minimum atomic E-state index is -0.201. The third-order valence-electron chi connectivity index (χ3n) is 6.76. The maximum atomic E-state index is 13.2. The van der Waals surface area contributed by atoms with Gasteiger partial charge in [0, 0.05) is 43.7 Å². The van der Waals surface area contributed by atoms with Crippen LogP contribution in [0.1, 0.15) is 91.2 Å². The van der Waals surface area contributed by atoms with Crippen LogP contribution in [-0.4, -0.2) is 55.0 Å². The minimum absolute atomic E-state index is 0.0610. The van der Waals surface area contributed by atoms with E-state index in [1.807, 2.05) is 11.0 Å². The fraction of sp³-hybridized carbons (Fsp3) is 0.636. The molecule has 2 fully saturated rings. The molecule has 2 aliphatic heterocycles. The SMILES string of the molecule is CC(C)N1CCc2nc(C3CCCCN3C(=O)c3cc(C4CC4)[nH]n3)[nH]c(=O)c2C1. The summed E-state index contributed by atoms with van der Waals surface area (Å²) in [5.74, 6) is 1.08. The molecular formula is C22H30N6O2. The van der Waals surface area contributed by atoms with E-state index in [0.29, 0.717) is 36.6 Å². The largest absolute Gasteiger partial charge is 0.327 e. The van der Waals surface area contributed by atoms with Gasteiger partial charge in [-0.2, -0.15) is 5.10 Å². The Bertz CT molecular complexity index is 1010. The van der Waals surface area contributed by atoms with Crippen molar-refractivity contribution in [1.82, 2.24) is 30.0 Å². The van der Waals surface area contributed by atoms with Gasteiger partial charge in [-0.15, -0.1) is 0 Å². The highest BCUT2D eigenvalue weighted by Gasteiger charge is 2.34. The summed E-state index contributed by atoms with van der Waals surface area (Å²) in [5.41, 5.74) is 3.13. The van der Waals surface area contributed by atoms with Gasteiger partial charge in [-0.25, -0.2) is 4.98 Å². The first-order chi connectivity index (χ1) is 14.5. The van der Waals surface area contributed by atoms with E-state index in [1.165, 1.54) is 0 Å². The highest BCUT2D eigenvalue weighted by molar-refractivity contribution is 5.92. The zero-order valence-electron chi connectivity index (χ0n) is 17.8. The van der Waals surface area contributed by atoms with Gasteiger partial charge in [0.15, 0.2) is 0 Å². The summed E-state index contributed by atoms with van der Waals surface area (Å²) in [6.45, 7) is 6.51. The standard InChI is InChI=1S/C22H30N6O2/c1-13(2)27-10-8-16-15(12-27)21(29)24-20(23-16)19-5-3-4-9-28(19)22(30)18-11-17(25-26-18)14-6-7-14/h11,13-14,19H,3-10,12H2,1-2H3,(H,25,26)(H,23,24,29). The van der Waals surface area contributed by atoms with Crippen LogP contribution in [0.2, 0.25) is 0 Å². The van der Waals surface area contributed by atoms with E-state index in [1.54, 1.807) is 0 Å². The maximum Gasteiger partial charge on any atom is 0.274 e. The first-order valence-electron chi connectivity index (χ1n) is 11.2. The summed E-state index contributed by atoms with van der Waals surface area (Å²) in [6.07, 6.45) is 5.89. The van der Waals surface area contributed by atoms with Crippen molar-refractivity contribution in [3.63, 3.8) is 0 Å². The lowest BCUT2D eigenvalue weighted by atomic mass is 9.99. The third kappa shape index (κ3) is 3.57. The number of hydrogen-bond acceptors (Lipinski definition) is 5. The second-order valence-corrected chi connectivity index (χ2v) is 9.18. The van der Waals surface area contributed by atoms with Gasteiger partial charge in [0.1, 0.15) is 11.5 Å². The molecule has 0 spiro atoms. The Labute approximate surface area is 176 Å². The van der Waals surface area contributed by atoms with E-state index in [2.05, 4.69) is 33.9 Å². The summed E-state index contributed by atoms with van der Waals surface area (Å²) in [4.78, 5) is 38.2. The molecule has 1 saturated heterocycles. The molecule has 2 aromatic heterocycles. The molecule has 2 aromatic rings. The molecule has 30 heavy (non-hydrogen) atoms. The Balaban J connectivity index is 1.42. The topological polar surface area (TPSA) is 98.0 Å². The first kappa shape index (κ1) is 19.5. The zero-order chi connectivity index (χ0) is 20.8. The predicted molar refractivity (Wildman–Crippen MR) is 112 cm³/mol. The van der Waals surface area contributed by atoms with Gasteiger partial charge in [0.05, 0.1) is 17.3 Å². The zero-order valence-corrected chi connectivity index (χ0v) is 17.8. The second kappa shape index (κ2) is 7.65. The molecule has 0 radical (unpaired) electrons. The Hall–Kier alpha value is -2.48. The highest BCUT2D eigenvalue weighted by Crippen LogP contribution is 2.39. The van der Waals surface area contributed by atoms with Crippen LogP contribution in [0.5, 0.6) is 0 Å². The summed E-state index contributed by atoms with van der Waals surface area (Å²) < 4.78 is 0. The molecule has 2 N–H and O–H groups in total. The van der Waals surface area contributed by atoms with Crippen LogP contribution in [0.25, 0.3) is 0 Å². The summed E-state index contributed by atoms with van der Waals surface area (Å²) in [7, 11) is 0. The van der Waals surface area contributed by atoms with Crippen molar-refractivity contribution in [2.45, 2.75) is 76.9 Å². The monoisotopic (exact) mass is 410 g/mol. The molecule has 160 valence electrons. The molecule has 8 heteroatoms. The number of likely N-dealkylation sites (tertiary alicyclic amines) is 1. The lowest BCUT2D eigenvalue weighted by Crippen LogP contribution is -2.42. The fourth-order valence-electron chi connectivity index (χ4n) is 4.72. The maximum absolute atomic E-state index is 13.2. The third-order valence-corrected chi connectivity index (χ3v) is 6.76. The number of amides is 1. The Morgan fingerprint density at radius 2 is 2.03 bits per heavy atom. The van der Waals surface area contributed by atoms with E-state index in [0.717, 1.165) is 62.0 Å². The molecule has 4 heterocycles. The molecule has 5 rings (SSSR count). The van der Waals surface area contributed by atoms with Crippen LogP contribution in [-0.2, 0) is 13.0 Å². The van der Waals surface area contributed by atoms with E-state index in [4.69, 9.17) is 4.98 Å². The molecule has 1 amide bonds. The molecule has 1 aliphatic carbocycles. The van der Waals surface area contributed by atoms with E-state index in [-0.39, 0.29) is 17.5 Å². The number of nitrogens with one attached hydrogen (secondary N) is 2. The van der Waals surface area contributed by atoms with Crippen molar-refractivity contribution in [2.75, 3.05) is 13.1 Å². The van der Waals surface area contributed by atoms with Crippen LogP contribution < -0.4 is 5.56 Å². The van der Waals surface area contributed by atoms with Crippen molar-refractivity contribution in [3.05, 3.63) is 44.9 Å². The van der Waals surface area contributed by atoms with Gasteiger partial charge in [0.2, 0.25) is 0 Å². The quantitative estimate of drug-likeness (QED) is 0.807. The molecule has 1 atom stereocenters. The molecule has 0 aromatic carbocycles. The Morgan fingerprint density at radius 3 is 2.80 bits per heavy atom. The second-order valence-electron chi connectivity index (χ2n) is 9.18. The van der Waals surface area contributed by atoms with Gasteiger partial charge in [0.25, 0.3) is 11.5 Å². The molecule has 8 nitrogen and oxygen atoms in total.